The van der Waals surface area contributed by atoms with Gasteiger partial charge >= 0.3 is 0 Å². The van der Waals surface area contributed by atoms with E-state index in [0.29, 0.717) is 5.70 Å². The second-order valence-electron chi connectivity index (χ2n) is 3.47. The summed E-state index contributed by atoms with van der Waals surface area (Å²) in [7, 11) is 0. The van der Waals surface area contributed by atoms with Crippen molar-refractivity contribution in [2.24, 2.45) is 4.99 Å². The fraction of sp³-hybridized carbons (Fsp3) is 0.250. The lowest BCUT2D eigenvalue weighted by atomic mass is 10.2. The van der Waals surface area contributed by atoms with Crippen molar-refractivity contribution < 1.29 is 0 Å². The quantitative estimate of drug-likeness (QED) is 0.736. The Kier molecular flexibility index (Phi) is 2.81. The van der Waals surface area contributed by atoms with E-state index in [-0.39, 0.29) is 0 Å². The molecule has 16 heavy (non-hydrogen) atoms. The summed E-state index contributed by atoms with van der Waals surface area (Å²) in [6.45, 7) is 7.82. The number of aryl methyl sites for hydroxylation is 1. The molecule has 0 N–H and O–H groups in total. The Morgan fingerprint density at radius 1 is 1.56 bits per heavy atom. The first-order valence-electron chi connectivity index (χ1n) is 5.26. The minimum atomic E-state index is 0.699. The van der Waals surface area contributed by atoms with E-state index >= 15 is 0 Å². The van der Waals surface area contributed by atoms with Crippen molar-refractivity contribution in [1.82, 2.24) is 14.6 Å². The molecule has 0 bridgehead atoms. The fourth-order valence-corrected chi connectivity index (χ4v) is 1.55. The predicted molar refractivity (Wildman–Crippen MR) is 65.6 cm³/mol. The van der Waals surface area contributed by atoms with E-state index in [9.17, 15) is 0 Å². The van der Waals surface area contributed by atoms with Gasteiger partial charge in [0.25, 0.3) is 0 Å². The lowest BCUT2D eigenvalue weighted by Crippen LogP contribution is -1.94. The van der Waals surface area contributed by atoms with Crippen molar-refractivity contribution in [3.05, 3.63) is 36.3 Å². The molecule has 4 heteroatoms. The average Bonchev–Trinajstić information content (AvgIpc) is 2.71. The summed E-state index contributed by atoms with van der Waals surface area (Å²) in [5, 5.41) is 4.25. The number of hydrogen-bond acceptors (Lipinski definition) is 3. The molecule has 2 aromatic rings. The van der Waals surface area contributed by atoms with Crippen LogP contribution in [0.15, 0.2) is 30.2 Å². The van der Waals surface area contributed by atoms with Gasteiger partial charge in [-0.25, -0.2) is 9.50 Å². The molecule has 0 amide bonds. The molecule has 0 unspecified atom stereocenters. The highest BCUT2D eigenvalue weighted by atomic mass is 15.2. The van der Waals surface area contributed by atoms with Gasteiger partial charge in [0.05, 0.1) is 11.9 Å². The molecule has 4 nitrogen and oxygen atoms in total. The average molecular weight is 214 g/mol. The van der Waals surface area contributed by atoms with Crippen LogP contribution in [0.5, 0.6) is 0 Å². The molecule has 0 aliphatic rings. The third-order valence-electron chi connectivity index (χ3n) is 2.43. The monoisotopic (exact) mass is 214 g/mol. The predicted octanol–water partition coefficient (Wildman–Crippen LogP) is 2.35. The van der Waals surface area contributed by atoms with Crippen molar-refractivity contribution >= 4 is 17.6 Å². The van der Waals surface area contributed by atoms with Crippen molar-refractivity contribution in [3.8, 4) is 0 Å². The first-order chi connectivity index (χ1) is 7.76. The van der Waals surface area contributed by atoms with Gasteiger partial charge in [0.1, 0.15) is 0 Å². The van der Waals surface area contributed by atoms with Crippen LogP contribution in [0.1, 0.15) is 25.0 Å². The molecular formula is C12H14N4. The maximum Gasteiger partial charge on any atom is 0.158 e. The maximum absolute atomic E-state index is 4.38. The van der Waals surface area contributed by atoms with Gasteiger partial charge in [0.15, 0.2) is 5.65 Å². The molecule has 82 valence electrons. The summed E-state index contributed by atoms with van der Waals surface area (Å²) < 4.78 is 1.77. The molecule has 0 atom stereocenters. The number of fused-ring (bicyclic) bond motifs is 1. The van der Waals surface area contributed by atoms with E-state index in [1.807, 2.05) is 19.3 Å². The second kappa shape index (κ2) is 4.26. The van der Waals surface area contributed by atoms with Crippen molar-refractivity contribution in [3.63, 3.8) is 0 Å². The number of nitrogens with zero attached hydrogens (tertiary/aromatic N) is 4. The van der Waals surface area contributed by atoms with E-state index in [4.69, 9.17) is 0 Å². The Bertz CT molecular complexity index is 551. The van der Waals surface area contributed by atoms with Gasteiger partial charge in [-0.3, -0.25) is 4.99 Å². The van der Waals surface area contributed by atoms with Gasteiger partial charge in [-0.2, -0.15) is 5.10 Å². The second-order valence-corrected chi connectivity index (χ2v) is 3.47. The van der Waals surface area contributed by atoms with E-state index < -0.39 is 0 Å². The molecule has 2 heterocycles. The SMILES string of the molecule is C=C(N=CC)c1cnc2c(CC)cnn2c1. The maximum atomic E-state index is 4.38. The summed E-state index contributed by atoms with van der Waals surface area (Å²) >= 11 is 0. The number of hydrogen-bond donors (Lipinski definition) is 0. The summed E-state index contributed by atoms with van der Waals surface area (Å²) in [5.41, 5.74) is 3.64. The summed E-state index contributed by atoms with van der Waals surface area (Å²) in [6, 6.07) is 0. The molecule has 0 aliphatic heterocycles. The van der Waals surface area contributed by atoms with E-state index in [0.717, 1.165) is 23.2 Å². The molecule has 2 aromatic heterocycles. The van der Waals surface area contributed by atoms with Gasteiger partial charge in [0.2, 0.25) is 0 Å². The number of aliphatic imine (C=N–C) groups is 1. The third kappa shape index (κ3) is 1.74. The largest absolute Gasteiger partial charge is 0.261 e. The van der Waals surface area contributed by atoms with Crippen molar-refractivity contribution in [2.45, 2.75) is 20.3 Å². The van der Waals surface area contributed by atoms with Gasteiger partial charge in [-0.15, -0.1) is 0 Å². The Morgan fingerprint density at radius 3 is 3.06 bits per heavy atom. The first-order valence-corrected chi connectivity index (χ1v) is 5.26. The summed E-state index contributed by atoms with van der Waals surface area (Å²) in [6.07, 6.45) is 8.18. The summed E-state index contributed by atoms with van der Waals surface area (Å²) in [5.74, 6) is 0. The number of aromatic nitrogens is 3. The molecule has 0 spiro atoms. The molecule has 0 aromatic carbocycles. The smallest absolute Gasteiger partial charge is 0.158 e. The van der Waals surface area contributed by atoms with Gasteiger partial charge in [0, 0.05) is 29.7 Å². The zero-order valence-electron chi connectivity index (χ0n) is 9.51. The lowest BCUT2D eigenvalue weighted by molar-refractivity contribution is 0.934. The van der Waals surface area contributed by atoms with Crippen LogP contribution in [0.2, 0.25) is 0 Å². The van der Waals surface area contributed by atoms with Crippen LogP contribution >= 0.6 is 0 Å². The molecule has 0 saturated carbocycles. The minimum absolute atomic E-state index is 0.699. The van der Waals surface area contributed by atoms with Crippen LogP contribution in [0.3, 0.4) is 0 Å². The van der Waals surface area contributed by atoms with Crippen LogP contribution in [-0.4, -0.2) is 20.8 Å². The Labute approximate surface area is 94.4 Å². The van der Waals surface area contributed by atoms with Crippen molar-refractivity contribution in [2.75, 3.05) is 0 Å². The van der Waals surface area contributed by atoms with E-state index in [1.165, 1.54) is 0 Å². The topological polar surface area (TPSA) is 42.5 Å². The normalized spacial score (nSPS) is 11.4. The Balaban J connectivity index is 2.49. The standard InChI is InChI=1S/C12H14N4/c1-4-10-7-15-16-8-11(6-14-12(10)16)9(3)13-5-2/h5-8H,3-4H2,1-2H3. The molecule has 0 saturated heterocycles. The van der Waals surface area contributed by atoms with Crippen LogP contribution in [0.4, 0.5) is 0 Å². The number of rotatable bonds is 3. The molecular weight excluding hydrogens is 200 g/mol. The molecule has 0 aliphatic carbocycles. The van der Waals surface area contributed by atoms with E-state index in [1.54, 1.807) is 16.9 Å². The first kappa shape index (κ1) is 10.5. The van der Waals surface area contributed by atoms with Gasteiger partial charge < -0.3 is 0 Å². The molecule has 2 rings (SSSR count). The minimum Gasteiger partial charge on any atom is -0.261 e. The Hall–Kier alpha value is -1.97. The molecule has 0 radical (unpaired) electrons. The van der Waals surface area contributed by atoms with Crippen LogP contribution in [0.25, 0.3) is 11.3 Å². The zero-order chi connectivity index (χ0) is 11.5. The van der Waals surface area contributed by atoms with Crippen LogP contribution < -0.4 is 0 Å². The third-order valence-corrected chi connectivity index (χ3v) is 2.43. The highest BCUT2D eigenvalue weighted by Gasteiger charge is 2.05. The molecule has 0 fully saturated rings. The lowest BCUT2D eigenvalue weighted by Gasteiger charge is -2.00. The fourth-order valence-electron chi connectivity index (χ4n) is 1.55. The highest BCUT2D eigenvalue weighted by molar-refractivity contribution is 5.71. The highest BCUT2D eigenvalue weighted by Crippen LogP contribution is 2.14. The zero-order valence-corrected chi connectivity index (χ0v) is 9.51. The van der Waals surface area contributed by atoms with Gasteiger partial charge in [-0.1, -0.05) is 13.5 Å². The van der Waals surface area contributed by atoms with Crippen molar-refractivity contribution in [1.29, 1.82) is 0 Å². The van der Waals surface area contributed by atoms with Crippen LogP contribution in [-0.2, 0) is 6.42 Å². The van der Waals surface area contributed by atoms with Gasteiger partial charge in [-0.05, 0) is 13.3 Å². The summed E-state index contributed by atoms with van der Waals surface area (Å²) in [4.78, 5) is 8.51. The van der Waals surface area contributed by atoms with Crippen LogP contribution in [0, 0.1) is 0 Å². The van der Waals surface area contributed by atoms with E-state index in [2.05, 4.69) is 28.6 Å². The Morgan fingerprint density at radius 2 is 2.38 bits per heavy atom.